The van der Waals surface area contributed by atoms with E-state index in [0.29, 0.717) is 48.2 Å². The molecule has 1 N–H and O–H groups in total. The largest absolute Gasteiger partial charge is 0.325 e. The third-order valence-corrected chi connectivity index (χ3v) is 7.86. The lowest BCUT2D eigenvalue weighted by Crippen LogP contribution is -2.44. The Kier molecular flexibility index (Phi) is 4.46. The molecular weight excluding hydrogens is 376 g/mol. The maximum atomic E-state index is 13.0. The summed E-state index contributed by atoms with van der Waals surface area (Å²) >= 11 is 6.13. The molecule has 0 radical (unpaired) electrons. The van der Waals surface area contributed by atoms with Crippen LogP contribution in [0.4, 0.5) is 5.69 Å². The lowest BCUT2D eigenvalue weighted by Gasteiger charge is -2.33. The van der Waals surface area contributed by atoms with Gasteiger partial charge in [-0.2, -0.15) is 0 Å². The molecule has 0 aromatic heterocycles. The summed E-state index contributed by atoms with van der Waals surface area (Å²) < 4.78 is 0. The van der Waals surface area contributed by atoms with Crippen LogP contribution in [-0.2, 0) is 14.4 Å². The molecule has 5 nitrogen and oxygen atoms in total. The van der Waals surface area contributed by atoms with Crippen LogP contribution in [-0.4, -0.2) is 28.7 Å². The Morgan fingerprint density at radius 2 is 1.54 bits per heavy atom. The number of halogens is 1. The summed E-state index contributed by atoms with van der Waals surface area (Å²) in [6, 6.07) is 7.18. The van der Waals surface area contributed by atoms with Crippen molar-refractivity contribution in [3.05, 3.63) is 29.3 Å². The number of hydrogen-bond donors (Lipinski definition) is 1. The number of amides is 3. The number of benzene rings is 1. The summed E-state index contributed by atoms with van der Waals surface area (Å²) in [6.07, 6.45) is 6.09. The van der Waals surface area contributed by atoms with Crippen molar-refractivity contribution in [2.45, 2.75) is 51.0 Å². The van der Waals surface area contributed by atoms with Gasteiger partial charge in [-0.1, -0.05) is 23.7 Å². The van der Waals surface area contributed by atoms with Crippen molar-refractivity contribution in [1.29, 1.82) is 0 Å². The maximum absolute atomic E-state index is 13.0. The van der Waals surface area contributed by atoms with Gasteiger partial charge in [0.2, 0.25) is 17.7 Å². The first-order chi connectivity index (χ1) is 13.5. The molecule has 2 bridgehead atoms. The lowest BCUT2D eigenvalue weighted by molar-refractivity contribution is -0.144. The molecule has 1 aromatic carbocycles. The van der Waals surface area contributed by atoms with E-state index in [1.165, 1.54) is 0 Å². The zero-order valence-corrected chi connectivity index (χ0v) is 16.5. The van der Waals surface area contributed by atoms with Crippen molar-refractivity contribution < 1.29 is 14.4 Å². The minimum atomic E-state index is -0.101. The number of nitrogens with one attached hydrogen (secondary N) is 1. The van der Waals surface area contributed by atoms with E-state index in [1.807, 2.05) is 12.1 Å². The van der Waals surface area contributed by atoms with Gasteiger partial charge in [-0.05, 0) is 68.9 Å². The number of para-hydroxylation sites is 1. The monoisotopic (exact) mass is 400 g/mol. The third kappa shape index (κ3) is 2.78. The fourth-order valence-corrected chi connectivity index (χ4v) is 6.37. The molecule has 28 heavy (non-hydrogen) atoms. The first-order valence-corrected chi connectivity index (χ1v) is 10.8. The number of nitrogens with zero attached hydrogens (tertiary/aromatic N) is 1. The quantitative estimate of drug-likeness (QED) is 0.783. The van der Waals surface area contributed by atoms with Gasteiger partial charge in [0.25, 0.3) is 0 Å². The van der Waals surface area contributed by atoms with E-state index in [9.17, 15) is 14.4 Å². The molecule has 3 amide bonds. The Hall–Kier alpha value is -1.88. The van der Waals surface area contributed by atoms with Crippen molar-refractivity contribution in [1.82, 2.24) is 4.90 Å². The highest BCUT2D eigenvalue weighted by atomic mass is 35.5. The van der Waals surface area contributed by atoms with Crippen molar-refractivity contribution in [2.24, 2.45) is 29.6 Å². The molecule has 1 aliphatic heterocycles. The van der Waals surface area contributed by atoms with Gasteiger partial charge in [-0.15, -0.1) is 0 Å². The number of hydrogen-bond acceptors (Lipinski definition) is 3. The fraction of sp³-hybridized carbons (Fsp3) is 0.591. The molecule has 1 heterocycles. The summed E-state index contributed by atoms with van der Waals surface area (Å²) in [5, 5.41) is 3.44. The van der Waals surface area contributed by atoms with Gasteiger partial charge in [0.1, 0.15) is 0 Å². The number of anilines is 1. The second-order valence-electron chi connectivity index (χ2n) is 8.91. The number of imide groups is 1. The van der Waals surface area contributed by atoms with Crippen LogP contribution in [0.1, 0.15) is 44.9 Å². The molecule has 1 saturated heterocycles. The van der Waals surface area contributed by atoms with E-state index in [1.54, 1.807) is 17.0 Å². The minimum Gasteiger partial charge on any atom is -0.325 e. The van der Waals surface area contributed by atoms with E-state index >= 15 is 0 Å². The lowest BCUT2D eigenvalue weighted by atomic mass is 9.81. The van der Waals surface area contributed by atoms with Gasteiger partial charge in [0.05, 0.1) is 22.5 Å². The van der Waals surface area contributed by atoms with Crippen molar-refractivity contribution in [3.63, 3.8) is 0 Å². The summed E-state index contributed by atoms with van der Waals surface area (Å²) in [7, 11) is 0. The molecular formula is C22H25ClN2O3. The number of fused-ring (bicyclic) bond motifs is 5. The summed E-state index contributed by atoms with van der Waals surface area (Å²) in [6.45, 7) is 0. The second kappa shape index (κ2) is 6.87. The Morgan fingerprint density at radius 1 is 0.929 bits per heavy atom. The Morgan fingerprint density at radius 3 is 2.14 bits per heavy atom. The van der Waals surface area contributed by atoms with Gasteiger partial charge < -0.3 is 5.32 Å². The van der Waals surface area contributed by atoms with Crippen LogP contribution < -0.4 is 5.32 Å². The van der Waals surface area contributed by atoms with E-state index in [2.05, 4.69) is 5.32 Å². The molecule has 148 valence electrons. The highest BCUT2D eigenvalue weighted by Gasteiger charge is 2.61. The average Bonchev–Trinajstić information content (AvgIpc) is 3.38. The molecule has 4 atom stereocenters. The molecule has 6 heteroatoms. The zero-order chi connectivity index (χ0) is 19.4. The smallest absolute Gasteiger partial charge is 0.233 e. The fourth-order valence-electron chi connectivity index (χ4n) is 6.19. The predicted octanol–water partition coefficient (Wildman–Crippen LogP) is 3.87. The van der Waals surface area contributed by atoms with Crippen molar-refractivity contribution in [3.8, 4) is 0 Å². The molecule has 0 spiro atoms. The molecule has 5 rings (SSSR count). The predicted molar refractivity (Wildman–Crippen MR) is 105 cm³/mol. The molecule has 0 unspecified atom stereocenters. The van der Waals surface area contributed by atoms with Gasteiger partial charge in [0.15, 0.2) is 0 Å². The van der Waals surface area contributed by atoms with Gasteiger partial charge >= 0.3 is 0 Å². The van der Waals surface area contributed by atoms with Gasteiger partial charge in [-0.25, -0.2) is 0 Å². The average molecular weight is 401 g/mol. The minimum absolute atomic E-state index is 0.0273. The number of likely N-dealkylation sites (tertiary alicyclic amines) is 1. The van der Waals surface area contributed by atoms with Crippen molar-refractivity contribution in [2.75, 3.05) is 5.32 Å². The third-order valence-electron chi connectivity index (χ3n) is 7.53. The molecule has 1 aromatic rings. The highest BCUT2D eigenvalue weighted by Crippen LogP contribution is 2.56. The second-order valence-corrected chi connectivity index (χ2v) is 9.31. The number of carbonyl (C=O) groups is 3. The van der Waals surface area contributed by atoms with Crippen LogP contribution in [0.15, 0.2) is 24.3 Å². The van der Waals surface area contributed by atoms with Crippen LogP contribution >= 0.6 is 11.6 Å². The van der Waals surface area contributed by atoms with E-state index in [-0.39, 0.29) is 41.5 Å². The number of carbonyl (C=O) groups excluding carboxylic acids is 3. The number of rotatable bonds is 3. The van der Waals surface area contributed by atoms with Crippen LogP contribution in [0.3, 0.4) is 0 Å². The SMILES string of the molecule is O=C(Nc1ccccc1Cl)C1CCC(N2C(=O)[C@@H]3[C@H]4CC[C@@H](C4)[C@H]3C2=O)CC1. The van der Waals surface area contributed by atoms with E-state index in [0.717, 1.165) is 19.3 Å². The van der Waals surface area contributed by atoms with Gasteiger partial charge in [0, 0.05) is 12.0 Å². The summed E-state index contributed by atoms with van der Waals surface area (Å²) in [5.41, 5.74) is 0.629. The van der Waals surface area contributed by atoms with E-state index in [4.69, 9.17) is 11.6 Å². The Labute approximate surface area is 169 Å². The van der Waals surface area contributed by atoms with Crippen LogP contribution in [0.25, 0.3) is 0 Å². The molecule has 4 fully saturated rings. The normalized spacial score (nSPS) is 36.7. The van der Waals surface area contributed by atoms with E-state index < -0.39 is 0 Å². The molecule has 3 saturated carbocycles. The molecule has 3 aliphatic carbocycles. The Balaban J connectivity index is 1.22. The van der Waals surface area contributed by atoms with Crippen molar-refractivity contribution >= 4 is 35.0 Å². The zero-order valence-electron chi connectivity index (χ0n) is 15.8. The Bertz CT molecular complexity index is 805. The topological polar surface area (TPSA) is 66.5 Å². The maximum Gasteiger partial charge on any atom is 0.233 e. The first-order valence-electron chi connectivity index (χ1n) is 10.5. The van der Waals surface area contributed by atoms with Crippen LogP contribution in [0, 0.1) is 29.6 Å². The summed E-state index contributed by atoms with van der Waals surface area (Å²) in [5.74, 6) is 0.775. The van der Waals surface area contributed by atoms with Crippen LogP contribution in [0.5, 0.6) is 0 Å². The standard InChI is InChI=1S/C22H25ClN2O3/c23-16-3-1-2-4-17(16)24-20(26)12-7-9-15(10-8-12)25-21(27)18-13-5-6-14(11-13)19(18)22(25)28/h1-4,12-15,18-19H,5-11H2,(H,24,26)/t12?,13-,14-,15?,18+,19+/m0/s1. The molecule has 4 aliphatic rings. The summed E-state index contributed by atoms with van der Waals surface area (Å²) in [4.78, 5) is 40.2. The highest BCUT2D eigenvalue weighted by molar-refractivity contribution is 6.33. The van der Waals surface area contributed by atoms with Crippen LogP contribution in [0.2, 0.25) is 5.02 Å². The van der Waals surface area contributed by atoms with Gasteiger partial charge in [-0.3, -0.25) is 19.3 Å². The first kappa shape index (κ1) is 18.2.